The van der Waals surface area contributed by atoms with Crippen LogP contribution in [0.3, 0.4) is 0 Å². The van der Waals surface area contributed by atoms with E-state index in [1.807, 2.05) is 0 Å². The molecule has 2 heterocycles. The summed E-state index contributed by atoms with van der Waals surface area (Å²) in [6.45, 7) is 36.6. The maximum absolute atomic E-state index is 7.17. The first-order valence-corrected chi connectivity index (χ1v) is 28.0. The minimum Gasteiger partial charge on any atom is -0.456 e. The van der Waals surface area contributed by atoms with Gasteiger partial charge in [0.1, 0.15) is 11.2 Å². The number of hydrogen-bond acceptors (Lipinski definition) is 3. The summed E-state index contributed by atoms with van der Waals surface area (Å²) in [5.41, 5.74) is 28.3. The van der Waals surface area contributed by atoms with Crippen LogP contribution in [0.1, 0.15) is 186 Å². The molecule has 3 nitrogen and oxygen atoms in total. The molecule has 4 aliphatic carbocycles. The molecule has 1 N–H and O–H groups in total. The Hall–Kier alpha value is -6.00. The quantitative estimate of drug-likeness (QED) is 0.178. The predicted octanol–water partition coefficient (Wildman–Crippen LogP) is 18.1. The summed E-state index contributed by atoms with van der Waals surface area (Å²) in [6.07, 6.45) is 6.97. The maximum atomic E-state index is 7.17. The van der Waals surface area contributed by atoms with E-state index in [1.54, 1.807) is 0 Å². The molecular formula is C70H76BN2O. The van der Waals surface area contributed by atoms with Gasteiger partial charge in [0, 0.05) is 56.3 Å². The van der Waals surface area contributed by atoms with Crippen LogP contribution in [0.5, 0.6) is 0 Å². The number of rotatable bonds is 4. The number of aryl methyl sites for hydroxylation is 1. The largest absolute Gasteiger partial charge is 0.456 e. The molecule has 1 radical (unpaired) electrons. The molecular weight excluding hydrogens is 896 g/mol. The van der Waals surface area contributed by atoms with E-state index in [4.69, 9.17) is 4.42 Å². The summed E-state index contributed by atoms with van der Waals surface area (Å²) in [6, 6.07) is 42.9. The van der Waals surface area contributed by atoms with Gasteiger partial charge < -0.3 is 14.6 Å². The molecule has 1 aliphatic heterocycles. The average Bonchev–Trinajstić information content (AvgIpc) is 3.85. The predicted molar refractivity (Wildman–Crippen MR) is 317 cm³/mol. The number of fused-ring (bicyclic) bond motifs is 11. The van der Waals surface area contributed by atoms with E-state index in [-0.39, 0.29) is 37.9 Å². The van der Waals surface area contributed by atoms with Gasteiger partial charge in [-0.15, -0.1) is 0 Å². The lowest BCUT2D eigenvalue weighted by Crippen LogP contribution is -2.42. The highest BCUT2D eigenvalue weighted by Gasteiger charge is 2.44. The minimum atomic E-state index is -0.163. The van der Waals surface area contributed by atoms with Gasteiger partial charge in [0.05, 0.1) is 0 Å². The van der Waals surface area contributed by atoms with Crippen LogP contribution in [0.25, 0.3) is 44.2 Å². The molecule has 4 heteroatoms. The smallest absolute Gasteiger partial charge is 0.197 e. The zero-order valence-corrected chi connectivity index (χ0v) is 47.1. The summed E-state index contributed by atoms with van der Waals surface area (Å²) < 4.78 is 7.17. The number of nitrogens with zero attached hydrogens (tertiary/aromatic N) is 1. The van der Waals surface area contributed by atoms with Crippen molar-refractivity contribution in [2.45, 2.75) is 180 Å². The number of nitrogens with one attached hydrogen (secondary N) is 1. The standard InChI is InChI=1S/C70H76BN2O/c1-40-32-49-53(69(12,13)31-28-65(49,4)5)38-56(40)73-57-37-48-44(42-20-16-18-22-46(42)70(48,14)15)35-54(57)71-63-58(73)39-60-61(43-21-17-19-23-59(43)74-60)62(63)45-34-51-52(68(10,11)30-29-67(51,8)9)36-55(45)72-41-24-25-47-50(33-41)66(6,7)27-26-64(47,2)3/h16-25,32-39,72H,26-31H2,1-15H3. The van der Waals surface area contributed by atoms with Crippen molar-refractivity contribution in [2.24, 2.45) is 0 Å². The van der Waals surface area contributed by atoms with Gasteiger partial charge in [-0.2, -0.15) is 0 Å². The van der Waals surface area contributed by atoms with Crippen molar-refractivity contribution >= 4 is 68.6 Å². The first kappa shape index (κ1) is 47.7. The zero-order valence-electron chi connectivity index (χ0n) is 47.1. The van der Waals surface area contributed by atoms with E-state index in [2.05, 4.69) is 231 Å². The third-order valence-corrected chi connectivity index (χ3v) is 20.0. The van der Waals surface area contributed by atoms with Crippen molar-refractivity contribution < 1.29 is 4.42 Å². The molecule has 0 saturated carbocycles. The Balaban J connectivity index is 1.14. The van der Waals surface area contributed by atoms with Crippen LogP contribution < -0.4 is 21.1 Å². The Kier molecular flexibility index (Phi) is 9.88. The summed E-state index contributed by atoms with van der Waals surface area (Å²) in [4.78, 5) is 2.65. The second-order valence-electron chi connectivity index (χ2n) is 28.1. The van der Waals surface area contributed by atoms with E-state index < -0.39 is 0 Å². The third-order valence-electron chi connectivity index (χ3n) is 20.0. The van der Waals surface area contributed by atoms with Gasteiger partial charge in [-0.25, -0.2) is 0 Å². The fourth-order valence-electron chi connectivity index (χ4n) is 14.8. The normalized spacial score (nSPS) is 20.3. The molecule has 0 saturated heterocycles. The van der Waals surface area contributed by atoms with E-state index >= 15 is 0 Å². The fraction of sp³-hybridized carbons (Fsp3) is 0.400. The number of para-hydroxylation sites is 1. The molecule has 0 atom stereocenters. The molecule has 0 spiro atoms. The summed E-state index contributed by atoms with van der Waals surface area (Å²) >= 11 is 0. The van der Waals surface area contributed by atoms with Crippen molar-refractivity contribution in [3.8, 4) is 22.3 Å². The van der Waals surface area contributed by atoms with Crippen LogP contribution in [-0.2, 0) is 37.9 Å². The first-order chi connectivity index (χ1) is 34.8. The average molecular weight is 972 g/mol. The van der Waals surface area contributed by atoms with Gasteiger partial charge in [-0.3, -0.25) is 0 Å². The van der Waals surface area contributed by atoms with Crippen LogP contribution in [0.4, 0.5) is 28.4 Å². The number of furan rings is 1. The Morgan fingerprint density at radius 3 is 1.68 bits per heavy atom. The lowest BCUT2D eigenvalue weighted by molar-refractivity contribution is 0.332. The van der Waals surface area contributed by atoms with Crippen LogP contribution in [0.2, 0.25) is 0 Å². The maximum Gasteiger partial charge on any atom is 0.197 e. The highest BCUT2D eigenvalue weighted by atomic mass is 16.3. The molecule has 13 rings (SSSR count). The highest BCUT2D eigenvalue weighted by molar-refractivity contribution is 6.74. The van der Waals surface area contributed by atoms with Crippen LogP contribution >= 0.6 is 0 Å². The van der Waals surface area contributed by atoms with Crippen LogP contribution in [-0.4, -0.2) is 7.28 Å². The van der Waals surface area contributed by atoms with Crippen molar-refractivity contribution in [3.05, 3.63) is 159 Å². The van der Waals surface area contributed by atoms with Gasteiger partial charge in [0.25, 0.3) is 0 Å². The van der Waals surface area contributed by atoms with Crippen molar-refractivity contribution in [1.29, 1.82) is 0 Å². The Morgan fingerprint density at radius 2 is 1.00 bits per heavy atom. The fourth-order valence-corrected chi connectivity index (χ4v) is 14.8. The Bertz CT molecular complexity index is 3740. The second kappa shape index (κ2) is 15.3. The molecule has 0 bridgehead atoms. The minimum absolute atomic E-state index is 0.00802. The SMILES string of the molecule is Cc1cc2c(cc1N1c3cc4c(cc3[B]c3c1cc1oc5ccccc5c1c3-c1cc3c(cc1Nc1ccc5c(c1)C(C)(C)CCC5(C)C)C(C)(C)CCC3(C)C)-c1ccccc1C4(C)C)C(C)(C)CCC2(C)C. The molecule has 74 heavy (non-hydrogen) atoms. The molecule has 5 aliphatic rings. The second-order valence-corrected chi connectivity index (χ2v) is 28.1. The van der Waals surface area contributed by atoms with Crippen molar-refractivity contribution in [3.63, 3.8) is 0 Å². The molecule has 7 aromatic carbocycles. The summed E-state index contributed by atoms with van der Waals surface area (Å²) in [7, 11) is 2.55. The van der Waals surface area contributed by atoms with Gasteiger partial charge in [-0.1, -0.05) is 163 Å². The lowest BCUT2D eigenvalue weighted by Gasteiger charge is -2.44. The third kappa shape index (κ3) is 6.84. The van der Waals surface area contributed by atoms with Gasteiger partial charge in [-0.05, 0) is 193 Å². The van der Waals surface area contributed by atoms with Gasteiger partial charge >= 0.3 is 0 Å². The molecule has 0 unspecified atom stereocenters. The lowest BCUT2D eigenvalue weighted by atomic mass is 9.56. The summed E-state index contributed by atoms with van der Waals surface area (Å²) in [5, 5.41) is 6.54. The van der Waals surface area contributed by atoms with Gasteiger partial charge in [0.15, 0.2) is 7.28 Å². The molecule has 8 aromatic rings. The van der Waals surface area contributed by atoms with Crippen LogP contribution in [0, 0.1) is 6.92 Å². The van der Waals surface area contributed by atoms with Gasteiger partial charge in [0.2, 0.25) is 0 Å². The molecule has 0 amide bonds. The Morgan fingerprint density at radius 1 is 0.446 bits per heavy atom. The monoisotopic (exact) mass is 972 g/mol. The molecule has 0 fully saturated rings. The molecule has 375 valence electrons. The van der Waals surface area contributed by atoms with E-state index in [0.29, 0.717) is 0 Å². The summed E-state index contributed by atoms with van der Waals surface area (Å²) in [5.74, 6) is 0. The van der Waals surface area contributed by atoms with Crippen molar-refractivity contribution in [2.75, 3.05) is 10.2 Å². The zero-order chi connectivity index (χ0) is 52.0. The first-order valence-electron chi connectivity index (χ1n) is 28.0. The number of anilines is 5. The van der Waals surface area contributed by atoms with E-state index in [0.717, 1.165) is 52.9 Å². The van der Waals surface area contributed by atoms with E-state index in [9.17, 15) is 0 Å². The highest BCUT2D eigenvalue weighted by Crippen LogP contribution is 2.56. The Labute approximate surface area is 442 Å². The topological polar surface area (TPSA) is 28.4 Å². The number of hydrogen-bond donors (Lipinski definition) is 1. The van der Waals surface area contributed by atoms with E-state index in [1.165, 1.54) is 119 Å². The number of benzene rings is 7. The van der Waals surface area contributed by atoms with Crippen LogP contribution in [0.15, 0.2) is 114 Å². The molecule has 1 aromatic heterocycles. The van der Waals surface area contributed by atoms with Crippen molar-refractivity contribution in [1.82, 2.24) is 0 Å².